The van der Waals surface area contributed by atoms with Crippen LogP contribution in [0.1, 0.15) is 31.7 Å². The van der Waals surface area contributed by atoms with Crippen LogP contribution < -0.4 is 5.32 Å². The van der Waals surface area contributed by atoms with E-state index < -0.39 is 0 Å². The summed E-state index contributed by atoms with van der Waals surface area (Å²) in [6.45, 7) is 4.05. The van der Waals surface area contributed by atoms with E-state index in [0.717, 1.165) is 19.3 Å². The molecule has 3 rings (SSSR count). The maximum Gasteiger partial charge on any atom is 0.223 e. The van der Waals surface area contributed by atoms with Crippen LogP contribution in [-0.4, -0.2) is 45.4 Å². The van der Waals surface area contributed by atoms with Gasteiger partial charge in [-0.25, -0.2) is 4.98 Å². The van der Waals surface area contributed by atoms with Crippen molar-refractivity contribution in [3.63, 3.8) is 0 Å². The summed E-state index contributed by atoms with van der Waals surface area (Å²) in [6.07, 6.45) is 8.15. The molecule has 0 aliphatic carbocycles. The second-order valence-electron chi connectivity index (χ2n) is 7.31. The third kappa shape index (κ3) is 5.67. The van der Waals surface area contributed by atoms with Crippen LogP contribution in [0.3, 0.4) is 0 Å². The minimum absolute atomic E-state index is 0.00610. The Balaban J connectivity index is 1.38. The molecule has 1 saturated heterocycles. The van der Waals surface area contributed by atoms with Crippen LogP contribution >= 0.6 is 0 Å². The Hall–Kier alpha value is -2.63. The second kappa shape index (κ2) is 9.35. The number of likely N-dealkylation sites (tertiary alicyclic amines) is 1. The third-order valence-corrected chi connectivity index (χ3v) is 5.12. The molecule has 0 spiro atoms. The average Bonchev–Trinajstić information content (AvgIpc) is 3.20. The zero-order chi connectivity index (χ0) is 19.1. The number of aromatic nitrogens is 2. The number of amides is 2. The summed E-state index contributed by atoms with van der Waals surface area (Å²) in [4.78, 5) is 30.8. The summed E-state index contributed by atoms with van der Waals surface area (Å²) < 4.78 is 1.96. The van der Waals surface area contributed by atoms with Crippen LogP contribution in [0.5, 0.6) is 0 Å². The minimum atomic E-state index is -0.00610. The van der Waals surface area contributed by atoms with Crippen LogP contribution in [0, 0.1) is 5.92 Å². The fourth-order valence-corrected chi connectivity index (χ4v) is 3.56. The highest BCUT2D eigenvalue weighted by molar-refractivity contribution is 5.80. The van der Waals surface area contributed by atoms with Gasteiger partial charge in [0.15, 0.2) is 0 Å². The van der Waals surface area contributed by atoms with Crippen molar-refractivity contribution in [2.75, 3.05) is 13.1 Å². The van der Waals surface area contributed by atoms with Gasteiger partial charge in [-0.15, -0.1) is 0 Å². The van der Waals surface area contributed by atoms with Crippen molar-refractivity contribution >= 4 is 11.8 Å². The molecule has 1 N–H and O–H groups in total. The number of hydrogen-bond donors (Lipinski definition) is 1. The Bertz CT molecular complexity index is 722. The van der Waals surface area contributed by atoms with E-state index in [2.05, 4.69) is 22.4 Å². The molecular weight excluding hydrogens is 340 g/mol. The molecule has 1 aliphatic heterocycles. The SMILES string of the molecule is CC(Cn1ccnc1)NC(=O)C1CCN(C(=O)CCc2ccccc2)CC1. The van der Waals surface area contributed by atoms with Gasteiger partial charge in [0.05, 0.1) is 6.33 Å². The molecule has 1 aromatic carbocycles. The van der Waals surface area contributed by atoms with Crippen molar-refractivity contribution in [2.45, 2.75) is 45.2 Å². The average molecular weight is 368 g/mol. The molecule has 27 heavy (non-hydrogen) atoms. The smallest absolute Gasteiger partial charge is 0.223 e. The molecule has 1 fully saturated rings. The van der Waals surface area contributed by atoms with Crippen LogP contribution in [-0.2, 0) is 22.6 Å². The van der Waals surface area contributed by atoms with E-state index in [4.69, 9.17) is 0 Å². The molecule has 2 aromatic rings. The maximum atomic E-state index is 12.5. The highest BCUT2D eigenvalue weighted by Gasteiger charge is 2.27. The number of nitrogens with one attached hydrogen (secondary N) is 1. The molecule has 0 saturated carbocycles. The summed E-state index contributed by atoms with van der Waals surface area (Å²) in [6, 6.07) is 10.1. The number of benzene rings is 1. The van der Waals surface area contributed by atoms with E-state index in [1.165, 1.54) is 5.56 Å². The van der Waals surface area contributed by atoms with Crippen molar-refractivity contribution in [3.05, 3.63) is 54.6 Å². The normalized spacial score (nSPS) is 16.1. The van der Waals surface area contributed by atoms with Gasteiger partial charge in [0, 0.05) is 50.4 Å². The van der Waals surface area contributed by atoms with Crippen molar-refractivity contribution in [1.29, 1.82) is 0 Å². The predicted molar refractivity (Wildman–Crippen MR) is 104 cm³/mol. The standard InChI is InChI=1S/C21H28N4O2/c1-17(15-24-14-11-22-16-24)23-21(27)19-9-12-25(13-10-19)20(26)8-7-18-5-3-2-4-6-18/h2-6,11,14,16-17,19H,7-10,12-13,15H2,1H3,(H,23,27). The zero-order valence-electron chi connectivity index (χ0n) is 15.9. The number of carbonyl (C=O) groups is 2. The Labute approximate surface area is 160 Å². The van der Waals surface area contributed by atoms with Gasteiger partial charge < -0.3 is 14.8 Å². The van der Waals surface area contributed by atoms with Crippen molar-refractivity contribution in [3.8, 4) is 0 Å². The van der Waals surface area contributed by atoms with Gasteiger partial charge in [-0.3, -0.25) is 9.59 Å². The van der Waals surface area contributed by atoms with E-state index in [-0.39, 0.29) is 23.8 Å². The monoisotopic (exact) mass is 368 g/mol. The Kier molecular flexibility index (Phi) is 6.63. The van der Waals surface area contributed by atoms with Gasteiger partial charge in [0.25, 0.3) is 0 Å². The molecule has 2 amide bonds. The lowest BCUT2D eigenvalue weighted by Crippen LogP contribution is -2.45. The lowest BCUT2D eigenvalue weighted by Gasteiger charge is -2.32. The molecule has 1 aliphatic rings. The minimum Gasteiger partial charge on any atom is -0.352 e. The highest BCUT2D eigenvalue weighted by atomic mass is 16.2. The Morgan fingerprint density at radius 2 is 1.96 bits per heavy atom. The molecule has 1 atom stereocenters. The van der Waals surface area contributed by atoms with Crippen LogP contribution in [0.4, 0.5) is 0 Å². The molecule has 0 radical (unpaired) electrons. The Morgan fingerprint density at radius 1 is 1.22 bits per heavy atom. The molecule has 144 valence electrons. The van der Waals surface area contributed by atoms with Crippen LogP contribution in [0.25, 0.3) is 0 Å². The number of rotatable bonds is 7. The van der Waals surface area contributed by atoms with Gasteiger partial charge in [-0.05, 0) is 31.7 Å². The van der Waals surface area contributed by atoms with Gasteiger partial charge in [-0.1, -0.05) is 30.3 Å². The fraction of sp³-hybridized carbons (Fsp3) is 0.476. The number of carbonyl (C=O) groups excluding carboxylic acids is 2. The molecule has 0 bridgehead atoms. The van der Waals surface area contributed by atoms with E-state index in [1.807, 2.05) is 40.8 Å². The summed E-state index contributed by atoms with van der Waals surface area (Å²) in [5, 5.41) is 3.09. The first-order valence-electron chi connectivity index (χ1n) is 9.69. The third-order valence-electron chi connectivity index (χ3n) is 5.12. The van der Waals surface area contributed by atoms with E-state index in [9.17, 15) is 9.59 Å². The summed E-state index contributed by atoms with van der Waals surface area (Å²) in [5.74, 6) is 0.276. The quantitative estimate of drug-likeness (QED) is 0.815. The number of piperidine rings is 1. The number of nitrogens with zero attached hydrogens (tertiary/aromatic N) is 3. The summed E-state index contributed by atoms with van der Waals surface area (Å²) in [5.41, 5.74) is 1.19. The molecule has 2 heterocycles. The molecule has 1 unspecified atom stereocenters. The van der Waals surface area contributed by atoms with Crippen LogP contribution in [0.15, 0.2) is 49.1 Å². The number of imidazole rings is 1. The second-order valence-corrected chi connectivity index (χ2v) is 7.31. The fourth-order valence-electron chi connectivity index (χ4n) is 3.56. The van der Waals surface area contributed by atoms with E-state index in [1.54, 1.807) is 12.5 Å². The first-order chi connectivity index (χ1) is 13.1. The summed E-state index contributed by atoms with van der Waals surface area (Å²) >= 11 is 0. The molecule has 6 heteroatoms. The van der Waals surface area contributed by atoms with Gasteiger partial charge in [0.2, 0.25) is 11.8 Å². The predicted octanol–water partition coefficient (Wildman–Crippen LogP) is 2.26. The molecular formula is C21H28N4O2. The largest absolute Gasteiger partial charge is 0.352 e. The Morgan fingerprint density at radius 3 is 2.63 bits per heavy atom. The van der Waals surface area contributed by atoms with Crippen molar-refractivity contribution in [1.82, 2.24) is 19.8 Å². The van der Waals surface area contributed by atoms with E-state index in [0.29, 0.717) is 26.1 Å². The van der Waals surface area contributed by atoms with Gasteiger partial charge in [0.1, 0.15) is 0 Å². The number of aryl methyl sites for hydroxylation is 1. The lowest BCUT2D eigenvalue weighted by atomic mass is 9.95. The first-order valence-corrected chi connectivity index (χ1v) is 9.69. The maximum absolute atomic E-state index is 12.5. The van der Waals surface area contributed by atoms with Gasteiger partial charge in [-0.2, -0.15) is 0 Å². The molecule has 6 nitrogen and oxygen atoms in total. The van der Waals surface area contributed by atoms with Crippen LogP contribution in [0.2, 0.25) is 0 Å². The topological polar surface area (TPSA) is 67.2 Å². The van der Waals surface area contributed by atoms with Crippen molar-refractivity contribution < 1.29 is 9.59 Å². The summed E-state index contributed by atoms with van der Waals surface area (Å²) in [7, 11) is 0. The van der Waals surface area contributed by atoms with Crippen molar-refractivity contribution in [2.24, 2.45) is 5.92 Å². The lowest BCUT2D eigenvalue weighted by molar-refractivity contribution is -0.135. The highest BCUT2D eigenvalue weighted by Crippen LogP contribution is 2.19. The first kappa shape index (κ1) is 19.1. The van der Waals surface area contributed by atoms with Gasteiger partial charge >= 0.3 is 0 Å². The number of hydrogen-bond acceptors (Lipinski definition) is 3. The zero-order valence-corrected chi connectivity index (χ0v) is 15.9. The van der Waals surface area contributed by atoms with E-state index >= 15 is 0 Å². The molecule has 1 aromatic heterocycles.